The Morgan fingerprint density at radius 3 is 2.33 bits per heavy atom. The normalized spacial score (nSPS) is 18.5. The molecule has 3 aromatic rings. The molecule has 3 heterocycles. The van der Waals surface area contributed by atoms with Crippen molar-refractivity contribution in [1.82, 2.24) is 20.5 Å². The largest absolute Gasteiger partial charge is 0.507 e. The Balaban J connectivity index is 1.61. The molecule has 0 bridgehead atoms. The lowest BCUT2D eigenvalue weighted by Crippen LogP contribution is -2.62. The summed E-state index contributed by atoms with van der Waals surface area (Å²) in [5, 5.41) is 24.1. The van der Waals surface area contributed by atoms with E-state index in [9.17, 15) is 5.11 Å². The maximum atomic E-state index is 10.5. The van der Waals surface area contributed by atoms with Crippen molar-refractivity contribution < 1.29 is 5.11 Å². The van der Waals surface area contributed by atoms with E-state index in [0.717, 1.165) is 35.3 Å². The minimum absolute atomic E-state index is 0.0655. The van der Waals surface area contributed by atoms with Crippen LogP contribution in [0.1, 0.15) is 46.2 Å². The summed E-state index contributed by atoms with van der Waals surface area (Å²) in [5.41, 5.74) is 3.19. The number of anilines is 1. The second-order valence-corrected chi connectivity index (χ2v) is 9.86. The van der Waals surface area contributed by atoms with Gasteiger partial charge in [-0.05, 0) is 77.8 Å². The number of nitrogens with zero attached hydrogens (tertiary/aromatic N) is 4. The van der Waals surface area contributed by atoms with Gasteiger partial charge in [0.1, 0.15) is 5.75 Å². The summed E-state index contributed by atoms with van der Waals surface area (Å²) in [6, 6.07) is 11.8. The lowest BCUT2D eigenvalue weighted by molar-refractivity contribution is 0.160. The first-order valence-corrected chi connectivity index (χ1v) is 10.5. The van der Waals surface area contributed by atoms with Gasteiger partial charge < -0.3 is 15.3 Å². The van der Waals surface area contributed by atoms with Crippen molar-refractivity contribution in [2.75, 3.05) is 11.9 Å². The molecule has 1 fully saturated rings. The zero-order chi connectivity index (χ0) is 21.7. The number of hydrogen-bond donors (Lipinski definition) is 2. The van der Waals surface area contributed by atoms with Crippen LogP contribution >= 0.6 is 0 Å². The zero-order valence-electron chi connectivity index (χ0n) is 18.7. The van der Waals surface area contributed by atoms with Crippen LogP contribution in [-0.2, 0) is 0 Å². The number of pyridine rings is 1. The van der Waals surface area contributed by atoms with Crippen molar-refractivity contribution in [2.45, 2.75) is 64.6 Å². The maximum Gasteiger partial charge on any atom is 0.151 e. The molecular weight excluding hydrogens is 374 g/mol. The van der Waals surface area contributed by atoms with Gasteiger partial charge in [0.25, 0.3) is 0 Å². The molecule has 0 unspecified atom stereocenters. The summed E-state index contributed by atoms with van der Waals surface area (Å²) in [7, 11) is 2.09. The van der Waals surface area contributed by atoms with Crippen molar-refractivity contribution in [3.8, 4) is 17.0 Å². The van der Waals surface area contributed by atoms with Gasteiger partial charge >= 0.3 is 0 Å². The maximum absolute atomic E-state index is 10.5. The number of piperidine rings is 1. The summed E-state index contributed by atoms with van der Waals surface area (Å²) in [4.78, 5) is 6.79. The number of aromatic nitrogens is 3. The molecule has 1 aliphatic rings. The van der Waals surface area contributed by atoms with E-state index in [1.165, 1.54) is 0 Å². The molecule has 2 N–H and O–H groups in total. The van der Waals surface area contributed by atoms with Crippen LogP contribution in [0.3, 0.4) is 0 Å². The van der Waals surface area contributed by atoms with Crippen LogP contribution in [0, 0.1) is 6.92 Å². The second kappa shape index (κ2) is 7.20. The van der Waals surface area contributed by atoms with Gasteiger partial charge in [-0.1, -0.05) is 6.07 Å². The molecular formula is C24H31N5O. The molecule has 1 aliphatic heterocycles. The molecule has 0 radical (unpaired) electrons. The highest BCUT2D eigenvalue weighted by molar-refractivity contribution is 5.87. The summed E-state index contributed by atoms with van der Waals surface area (Å²) in [6.07, 6.45) is 2.07. The van der Waals surface area contributed by atoms with Crippen LogP contribution < -0.4 is 10.2 Å². The predicted molar refractivity (Wildman–Crippen MR) is 122 cm³/mol. The van der Waals surface area contributed by atoms with E-state index in [1.807, 2.05) is 37.3 Å². The predicted octanol–water partition coefficient (Wildman–Crippen LogP) is 4.45. The second-order valence-electron chi connectivity index (χ2n) is 9.86. The van der Waals surface area contributed by atoms with E-state index in [1.54, 1.807) is 6.07 Å². The van der Waals surface area contributed by atoms with Gasteiger partial charge in [-0.15, -0.1) is 10.2 Å². The highest BCUT2D eigenvalue weighted by Gasteiger charge is 2.39. The minimum Gasteiger partial charge on any atom is -0.507 e. The molecule has 6 nitrogen and oxygen atoms in total. The number of rotatable bonds is 3. The molecule has 0 spiro atoms. The molecule has 30 heavy (non-hydrogen) atoms. The Morgan fingerprint density at radius 1 is 1.00 bits per heavy atom. The Hall–Kier alpha value is -2.73. The first kappa shape index (κ1) is 20.5. The van der Waals surface area contributed by atoms with Crippen molar-refractivity contribution in [2.24, 2.45) is 0 Å². The lowest BCUT2D eigenvalue weighted by Gasteiger charge is -2.49. The van der Waals surface area contributed by atoms with Crippen molar-refractivity contribution in [3.05, 3.63) is 42.1 Å². The molecule has 1 saturated heterocycles. The first-order valence-electron chi connectivity index (χ1n) is 10.5. The quantitative estimate of drug-likeness (QED) is 0.671. The Labute approximate surface area is 178 Å². The minimum atomic E-state index is 0.0655. The fraction of sp³-hybridized carbons (Fsp3) is 0.458. The van der Waals surface area contributed by atoms with Crippen LogP contribution in [0.15, 0.2) is 36.4 Å². The number of phenols is 1. The van der Waals surface area contributed by atoms with Gasteiger partial charge in [-0.3, -0.25) is 4.98 Å². The molecule has 4 rings (SSSR count). The average molecular weight is 406 g/mol. The molecule has 158 valence electrons. The van der Waals surface area contributed by atoms with Gasteiger partial charge in [0, 0.05) is 40.8 Å². The molecule has 0 aliphatic carbocycles. The Bertz CT molecular complexity index is 1060. The third-order valence-electron chi connectivity index (χ3n) is 5.95. The molecule has 0 amide bonds. The smallest absolute Gasteiger partial charge is 0.151 e. The number of fused-ring (bicyclic) bond motifs is 1. The standard InChI is InChI=1S/C24H31N5O/c1-15-7-8-16-11-21(30)18(12-20(16)25-15)19-9-10-22(27-26-19)29(6)17-13-23(2,3)28-24(4,5)14-17/h7-12,17,28,30H,13-14H2,1-6H3. The van der Waals surface area contributed by atoms with Crippen molar-refractivity contribution >= 4 is 16.7 Å². The van der Waals surface area contributed by atoms with E-state index >= 15 is 0 Å². The topological polar surface area (TPSA) is 74.2 Å². The van der Waals surface area contributed by atoms with Crippen LogP contribution in [-0.4, -0.2) is 44.5 Å². The number of aromatic hydroxyl groups is 1. The van der Waals surface area contributed by atoms with E-state index in [2.05, 4.69) is 60.1 Å². The molecule has 2 aromatic heterocycles. The highest BCUT2D eigenvalue weighted by atomic mass is 16.3. The van der Waals surface area contributed by atoms with Gasteiger partial charge in [0.2, 0.25) is 0 Å². The van der Waals surface area contributed by atoms with Gasteiger partial charge in [-0.25, -0.2) is 0 Å². The lowest BCUT2D eigenvalue weighted by atomic mass is 9.79. The number of aryl methyl sites for hydroxylation is 1. The number of benzene rings is 1. The number of nitrogens with one attached hydrogen (secondary N) is 1. The molecule has 6 heteroatoms. The van der Waals surface area contributed by atoms with Crippen LogP contribution in [0.4, 0.5) is 5.82 Å². The van der Waals surface area contributed by atoms with E-state index in [-0.39, 0.29) is 16.8 Å². The van der Waals surface area contributed by atoms with E-state index < -0.39 is 0 Å². The van der Waals surface area contributed by atoms with E-state index in [4.69, 9.17) is 0 Å². The molecule has 1 aromatic carbocycles. The number of hydrogen-bond acceptors (Lipinski definition) is 6. The summed E-state index contributed by atoms with van der Waals surface area (Å²) in [5.74, 6) is 1.02. The first-order chi connectivity index (χ1) is 14.0. The van der Waals surface area contributed by atoms with Gasteiger partial charge in [0.05, 0.1) is 11.2 Å². The summed E-state index contributed by atoms with van der Waals surface area (Å²) >= 11 is 0. The zero-order valence-corrected chi connectivity index (χ0v) is 18.7. The Morgan fingerprint density at radius 2 is 1.70 bits per heavy atom. The Kier molecular flexibility index (Phi) is 4.93. The third kappa shape index (κ3) is 4.10. The van der Waals surface area contributed by atoms with Crippen LogP contribution in [0.2, 0.25) is 0 Å². The van der Waals surface area contributed by atoms with Gasteiger partial charge in [0.15, 0.2) is 5.82 Å². The highest BCUT2D eigenvalue weighted by Crippen LogP contribution is 2.34. The average Bonchev–Trinajstić information content (AvgIpc) is 2.65. The van der Waals surface area contributed by atoms with Crippen LogP contribution in [0.25, 0.3) is 22.2 Å². The SMILES string of the molecule is Cc1ccc2cc(O)c(-c3ccc(N(C)C4CC(C)(C)NC(C)(C)C4)nn3)cc2n1. The fourth-order valence-corrected chi connectivity index (χ4v) is 4.85. The summed E-state index contributed by atoms with van der Waals surface area (Å²) < 4.78 is 0. The molecule has 0 saturated carbocycles. The van der Waals surface area contributed by atoms with Crippen molar-refractivity contribution in [3.63, 3.8) is 0 Å². The van der Waals surface area contributed by atoms with E-state index in [0.29, 0.717) is 17.3 Å². The third-order valence-corrected chi connectivity index (χ3v) is 5.95. The van der Waals surface area contributed by atoms with Gasteiger partial charge in [-0.2, -0.15) is 0 Å². The molecule has 0 atom stereocenters. The monoisotopic (exact) mass is 405 g/mol. The number of phenolic OH excluding ortho intramolecular Hbond substituents is 1. The summed E-state index contributed by atoms with van der Waals surface area (Å²) in [6.45, 7) is 11.0. The van der Waals surface area contributed by atoms with Crippen molar-refractivity contribution in [1.29, 1.82) is 0 Å². The van der Waals surface area contributed by atoms with Crippen LogP contribution in [0.5, 0.6) is 5.75 Å². The fourth-order valence-electron chi connectivity index (χ4n) is 4.85.